The standard InChI is InChI=1S/C31H37N3O2/c1-25(35)28-15-8-16-29(24-28)32-31(36)34(23-17-27-12-6-3-7-13-27)30-18-21-33(22-19-30)20-9-14-26-10-4-2-5-11-26/h2-8,10-13,15-16,24,30H,9,14,17-23H2,1H3,(H,32,36). The molecule has 1 saturated heterocycles. The highest BCUT2D eigenvalue weighted by atomic mass is 16.2. The maximum absolute atomic E-state index is 13.4. The third kappa shape index (κ3) is 7.53. The lowest BCUT2D eigenvalue weighted by atomic mass is 10.0. The monoisotopic (exact) mass is 483 g/mol. The quantitative estimate of drug-likeness (QED) is 0.357. The van der Waals surface area contributed by atoms with Gasteiger partial charge in [-0.05, 0) is 68.8 Å². The third-order valence-electron chi connectivity index (χ3n) is 7.05. The van der Waals surface area contributed by atoms with Crippen molar-refractivity contribution < 1.29 is 9.59 Å². The van der Waals surface area contributed by atoms with Crippen LogP contribution in [0.5, 0.6) is 0 Å². The topological polar surface area (TPSA) is 52.7 Å². The fourth-order valence-corrected chi connectivity index (χ4v) is 4.96. The van der Waals surface area contributed by atoms with E-state index in [1.165, 1.54) is 11.1 Å². The zero-order valence-electron chi connectivity index (χ0n) is 21.2. The summed E-state index contributed by atoms with van der Waals surface area (Å²) >= 11 is 0. The predicted octanol–water partition coefficient (Wildman–Crippen LogP) is 6.06. The van der Waals surface area contributed by atoms with E-state index in [9.17, 15) is 9.59 Å². The van der Waals surface area contributed by atoms with Crippen LogP contribution in [0.15, 0.2) is 84.9 Å². The van der Waals surface area contributed by atoms with Crippen LogP contribution < -0.4 is 5.32 Å². The number of piperidine rings is 1. The minimum atomic E-state index is -0.0887. The van der Waals surface area contributed by atoms with Gasteiger partial charge in [-0.25, -0.2) is 4.79 Å². The van der Waals surface area contributed by atoms with Crippen molar-refractivity contribution in [2.24, 2.45) is 0 Å². The van der Waals surface area contributed by atoms with Gasteiger partial charge in [-0.3, -0.25) is 4.79 Å². The largest absolute Gasteiger partial charge is 0.322 e. The molecule has 3 aromatic carbocycles. The molecular formula is C31H37N3O2. The number of aryl methyl sites for hydroxylation is 1. The molecule has 0 aliphatic carbocycles. The van der Waals surface area contributed by atoms with Crippen molar-refractivity contribution in [1.82, 2.24) is 9.80 Å². The average molecular weight is 484 g/mol. The van der Waals surface area contributed by atoms with Crippen molar-refractivity contribution in [1.29, 1.82) is 0 Å². The van der Waals surface area contributed by atoms with E-state index in [1.54, 1.807) is 19.1 Å². The summed E-state index contributed by atoms with van der Waals surface area (Å²) in [6, 6.07) is 28.3. The number of anilines is 1. The van der Waals surface area contributed by atoms with Gasteiger partial charge >= 0.3 is 6.03 Å². The van der Waals surface area contributed by atoms with Gasteiger partial charge in [0.05, 0.1) is 0 Å². The van der Waals surface area contributed by atoms with Gasteiger partial charge in [0.15, 0.2) is 5.78 Å². The lowest BCUT2D eigenvalue weighted by Gasteiger charge is -2.38. The minimum absolute atomic E-state index is 0.00771. The molecule has 1 fully saturated rings. The number of urea groups is 1. The molecule has 1 aliphatic heterocycles. The van der Waals surface area contributed by atoms with E-state index in [-0.39, 0.29) is 17.9 Å². The van der Waals surface area contributed by atoms with Crippen molar-refractivity contribution in [2.75, 3.05) is 31.5 Å². The molecule has 36 heavy (non-hydrogen) atoms. The lowest BCUT2D eigenvalue weighted by molar-refractivity contribution is 0.101. The van der Waals surface area contributed by atoms with E-state index < -0.39 is 0 Å². The molecule has 1 N–H and O–H groups in total. The Bertz CT molecular complexity index is 1110. The van der Waals surface area contributed by atoms with Gasteiger partial charge < -0.3 is 15.1 Å². The van der Waals surface area contributed by atoms with Crippen molar-refractivity contribution in [2.45, 2.75) is 45.1 Å². The number of benzene rings is 3. The summed E-state index contributed by atoms with van der Waals surface area (Å²) in [6.07, 6.45) is 5.02. The van der Waals surface area contributed by atoms with Crippen molar-refractivity contribution in [3.8, 4) is 0 Å². The van der Waals surface area contributed by atoms with Gasteiger partial charge in [0.2, 0.25) is 0 Å². The van der Waals surface area contributed by atoms with E-state index in [2.05, 4.69) is 52.7 Å². The Morgan fingerprint density at radius 3 is 2.14 bits per heavy atom. The van der Waals surface area contributed by atoms with Crippen LogP contribution in [0, 0.1) is 0 Å². The summed E-state index contributed by atoms with van der Waals surface area (Å²) < 4.78 is 0. The highest BCUT2D eigenvalue weighted by molar-refractivity contribution is 5.96. The molecule has 0 bridgehead atoms. The molecule has 1 heterocycles. The summed E-state index contributed by atoms with van der Waals surface area (Å²) in [5.41, 5.74) is 3.89. The number of rotatable bonds is 10. The first-order valence-electron chi connectivity index (χ1n) is 13.1. The number of hydrogen-bond acceptors (Lipinski definition) is 3. The highest BCUT2D eigenvalue weighted by Gasteiger charge is 2.28. The number of Topliss-reactive ketones (excluding diaryl/α,β-unsaturated/α-hetero) is 1. The Balaban J connectivity index is 1.35. The number of likely N-dealkylation sites (tertiary alicyclic amines) is 1. The first kappa shape index (κ1) is 25.6. The number of amides is 2. The van der Waals surface area contributed by atoms with E-state index in [0.717, 1.165) is 51.7 Å². The molecule has 1 aliphatic rings. The second-order valence-electron chi connectivity index (χ2n) is 9.66. The van der Waals surface area contributed by atoms with Crippen LogP contribution in [-0.2, 0) is 12.8 Å². The molecular weight excluding hydrogens is 446 g/mol. The van der Waals surface area contributed by atoms with E-state index in [4.69, 9.17) is 0 Å². The summed E-state index contributed by atoms with van der Waals surface area (Å²) in [4.78, 5) is 29.8. The van der Waals surface area contributed by atoms with Gasteiger partial charge in [-0.1, -0.05) is 72.8 Å². The molecule has 0 saturated carbocycles. The molecule has 0 atom stereocenters. The fourth-order valence-electron chi connectivity index (χ4n) is 4.96. The number of hydrogen-bond donors (Lipinski definition) is 1. The smallest absolute Gasteiger partial charge is 0.321 e. The van der Waals surface area contributed by atoms with Crippen LogP contribution in [0.25, 0.3) is 0 Å². The molecule has 5 nitrogen and oxygen atoms in total. The molecule has 0 spiro atoms. The molecule has 0 unspecified atom stereocenters. The van der Waals surface area contributed by atoms with Crippen LogP contribution in [0.3, 0.4) is 0 Å². The predicted molar refractivity (Wildman–Crippen MR) is 147 cm³/mol. The average Bonchev–Trinajstić information content (AvgIpc) is 2.91. The number of nitrogens with zero attached hydrogens (tertiary/aromatic N) is 2. The van der Waals surface area contributed by atoms with Gasteiger partial charge in [0.25, 0.3) is 0 Å². The van der Waals surface area contributed by atoms with E-state index in [0.29, 0.717) is 17.8 Å². The molecule has 188 valence electrons. The Morgan fingerprint density at radius 1 is 0.861 bits per heavy atom. The van der Waals surface area contributed by atoms with E-state index >= 15 is 0 Å². The van der Waals surface area contributed by atoms with Crippen molar-refractivity contribution >= 4 is 17.5 Å². The summed E-state index contributed by atoms with van der Waals surface area (Å²) in [7, 11) is 0. The minimum Gasteiger partial charge on any atom is -0.321 e. The number of carbonyl (C=O) groups is 2. The molecule has 3 aromatic rings. The summed E-state index contributed by atoms with van der Waals surface area (Å²) in [5, 5.41) is 3.06. The van der Waals surface area contributed by atoms with E-state index in [1.807, 2.05) is 35.2 Å². The molecule has 4 rings (SSSR count). The van der Waals surface area contributed by atoms with Gasteiger partial charge in [-0.2, -0.15) is 0 Å². The lowest BCUT2D eigenvalue weighted by Crippen LogP contribution is -2.49. The third-order valence-corrected chi connectivity index (χ3v) is 7.05. The molecule has 0 radical (unpaired) electrons. The first-order valence-corrected chi connectivity index (χ1v) is 13.1. The van der Waals surface area contributed by atoms with Crippen LogP contribution in [0.2, 0.25) is 0 Å². The molecule has 2 amide bonds. The maximum Gasteiger partial charge on any atom is 0.322 e. The Morgan fingerprint density at radius 2 is 1.50 bits per heavy atom. The molecule has 0 aromatic heterocycles. The highest BCUT2D eigenvalue weighted by Crippen LogP contribution is 2.20. The summed E-state index contributed by atoms with van der Waals surface area (Å²) in [6.45, 7) is 5.32. The molecule has 5 heteroatoms. The zero-order valence-corrected chi connectivity index (χ0v) is 21.2. The number of ketones is 1. The van der Waals surface area contributed by atoms with Gasteiger partial charge in [-0.15, -0.1) is 0 Å². The number of carbonyl (C=O) groups excluding carboxylic acids is 2. The zero-order chi connectivity index (χ0) is 25.2. The second kappa shape index (κ2) is 13.0. The summed E-state index contributed by atoms with van der Waals surface area (Å²) in [5.74, 6) is -0.00771. The van der Waals surface area contributed by atoms with Crippen LogP contribution >= 0.6 is 0 Å². The first-order chi connectivity index (χ1) is 17.6. The number of nitrogens with one attached hydrogen (secondary N) is 1. The fraction of sp³-hybridized carbons (Fsp3) is 0.355. The normalized spacial score (nSPS) is 14.4. The maximum atomic E-state index is 13.4. The van der Waals surface area contributed by atoms with Gasteiger partial charge in [0.1, 0.15) is 0 Å². The van der Waals surface area contributed by atoms with Crippen molar-refractivity contribution in [3.05, 3.63) is 102 Å². The Hall–Kier alpha value is -3.44. The Kier molecular flexibility index (Phi) is 9.28. The van der Waals surface area contributed by atoms with Crippen LogP contribution in [-0.4, -0.2) is 53.8 Å². The Labute approximate surface area is 215 Å². The van der Waals surface area contributed by atoms with Crippen LogP contribution in [0.1, 0.15) is 47.7 Å². The second-order valence-corrected chi connectivity index (χ2v) is 9.66. The van der Waals surface area contributed by atoms with Gasteiger partial charge in [0, 0.05) is 36.9 Å². The van der Waals surface area contributed by atoms with Crippen molar-refractivity contribution in [3.63, 3.8) is 0 Å². The van der Waals surface area contributed by atoms with Crippen LogP contribution in [0.4, 0.5) is 10.5 Å². The SMILES string of the molecule is CC(=O)c1cccc(NC(=O)N(CCc2ccccc2)C2CCN(CCCc3ccccc3)CC2)c1.